The molecular weight excluding hydrogens is 292 g/mol. The van der Waals surface area contributed by atoms with Crippen molar-refractivity contribution in [2.45, 2.75) is 5.38 Å². The summed E-state index contributed by atoms with van der Waals surface area (Å²) in [5.74, 6) is -3.25. The van der Waals surface area contributed by atoms with Crippen molar-refractivity contribution in [2.24, 2.45) is 0 Å². The van der Waals surface area contributed by atoms with Crippen LogP contribution in [0.15, 0.2) is 54.6 Å². The summed E-state index contributed by atoms with van der Waals surface area (Å²) in [5, 5.41) is 7.83. The van der Waals surface area contributed by atoms with Crippen LogP contribution < -0.4 is 0 Å². The Balaban J connectivity index is 2.40. The average Bonchev–Trinajstić information content (AvgIpc) is 2.53. The second-order valence-corrected chi connectivity index (χ2v) is 4.75. The molecule has 21 heavy (non-hydrogen) atoms. The van der Waals surface area contributed by atoms with Gasteiger partial charge in [-0.2, -0.15) is 0 Å². The van der Waals surface area contributed by atoms with E-state index in [4.69, 9.17) is 16.7 Å². The van der Waals surface area contributed by atoms with Gasteiger partial charge in [0.25, 0.3) is 5.78 Å². The number of carboxylic acid groups (broad SMARTS) is 1. The number of rotatable bonds is 5. The van der Waals surface area contributed by atoms with Gasteiger partial charge in [0, 0.05) is 11.1 Å². The number of carbonyl (C=O) groups excluding carboxylic acids is 2. The molecule has 0 aliphatic carbocycles. The predicted molar refractivity (Wildman–Crippen MR) is 77.8 cm³/mol. The van der Waals surface area contributed by atoms with Gasteiger partial charge in [0.1, 0.15) is 5.38 Å². The fraction of sp³-hybridized carbons (Fsp3) is 0.0625. The first-order valence-electron chi connectivity index (χ1n) is 6.12. The van der Waals surface area contributed by atoms with Gasteiger partial charge in [0.2, 0.25) is 0 Å². The Bertz CT molecular complexity index is 694. The van der Waals surface area contributed by atoms with Crippen molar-refractivity contribution < 1.29 is 19.5 Å². The minimum Gasteiger partial charge on any atom is -0.475 e. The van der Waals surface area contributed by atoms with Crippen molar-refractivity contribution in [3.63, 3.8) is 0 Å². The lowest BCUT2D eigenvalue weighted by atomic mass is 9.96. The highest BCUT2D eigenvalue weighted by Crippen LogP contribution is 2.26. The molecule has 0 spiro atoms. The Morgan fingerprint density at radius 2 is 1.38 bits per heavy atom. The fourth-order valence-corrected chi connectivity index (χ4v) is 2.18. The number of carboxylic acids is 1. The standard InChI is InChI=1S/C16H11ClO4/c17-13(10-6-2-1-3-7-10)14(18)11-8-4-5-9-12(11)15(19)16(20)21/h1-9,13H,(H,20,21). The third kappa shape index (κ3) is 3.17. The molecule has 0 radical (unpaired) electrons. The third-order valence-electron chi connectivity index (χ3n) is 2.95. The van der Waals surface area contributed by atoms with Crippen LogP contribution in [0.25, 0.3) is 0 Å². The molecule has 1 N–H and O–H groups in total. The molecule has 0 saturated heterocycles. The van der Waals surface area contributed by atoms with E-state index in [-0.39, 0.29) is 11.1 Å². The predicted octanol–water partition coefficient (Wildman–Crippen LogP) is 3.12. The molecule has 2 aromatic rings. The van der Waals surface area contributed by atoms with E-state index in [1.165, 1.54) is 18.2 Å². The van der Waals surface area contributed by atoms with Crippen LogP contribution in [-0.4, -0.2) is 22.6 Å². The number of aliphatic carboxylic acids is 1. The van der Waals surface area contributed by atoms with Gasteiger partial charge >= 0.3 is 5.97 Å². The maximum Gasteiger partial charge on any atom is 0.377 e. The van der Waals surface area contributed by atoms with Crippen molar-refractivity contribution >= 4 is 29.1 Å². The smallest absolute Gasteiger partial charge is 0.377 e. The molecule has 0 aliphatic rings. The molecule has 2 aromatic carbocycles. The van der Waals surface area contributed by atoms with E-state index in [1.807, 2.05) is 0 Å². The van der Waals surface area contributed by atoms with Crippen LogP contribution in [0.4, 0.5) is 0 Å². The van der Waals surface area contributed by atoms with Crippen LogP contribution >= 0.6 is 11.6 Å². The zero-order valence-corrected chi connectivity index (χ0v) is 11.6. The van der Waals surface area contributed by atoms with E-state index in [2.05, 4.69) is 0 Å². The number of halogens is 1. The van der Waals surface area contributed by atoms with E-state index >= 15 is 0 Å². The molecule has 0 aliphatic heterocycles. The number of hydrogen-bond donors (Lipinski definition) is 1. The second-order valence-electron chi connectivity index (χ2n) is 4.32. The monoisotopic (exact) mass is 302 g/mol. The van der Waals surface area contributed by atoms with Crippen LogP contribution in [0.3, 0.4) is 0 Å². The highest BCUT2D eigenvalue weighted by molar-refractivity contribution is 6.42. The maximum atomic E-state index is 12.4. The molecule has 4 nitrogen and oxygen atoms in total. The van der Waals surface area contributed by atoms with Crippen molar-refractivity contribution in [3.8, 4) is 0 Å². The van der Waals surface area contributed by atoms with E-state index in [9.17, 15) is 14.4 Å². The average molecular weight is 303 g/mol. The first kappa shape index (κ1) is 14.9. The number of ketones is 2. The Hall–Kier alpha value is -2.46. The number of benzene rings is 2. The van der Waals surface area contributed by atoms with Gasteiger partial charge in [0.05, 0.1) is 0 Å². The molecule has 1 unspecified atom stereocenters. The Kier molecular flexibility index (Phi) is 4.50. The number of hydrogen-bond acceptors (Lipinski definition) is 3. The number of Topliss-reactive ketones (excluding diaryl/α,β-unsaturated/α-hetero) is 2. The van der Waals surface area contributed by atoms with Crippen LogP contribution in [0.5, 0.6) is 0 Å². The van der Waals surface area contributed by atoms with Gasteiger partial charge in [-0.05, 0) is 5.56 Å². The molecule has 0 bridgehead atoms. The normalized spacial score (nSPS) is 11.7. The first-order valence-corrected chi connectivity index (χ1v) is 6.56. The molecule has 0 fully saturated rings. The van der Waals surface area contributed by atoms with E-state index in [1.54, 1.807) is 36.4 Å². The van der Waals surface area contributed by atoms with Crippen molar-refractivity contribution in [1.29, 1.82) is 0 Å². The van der Waals surface area contributed by atoms with Gasteiger partial charge in [0.15, 0.2) is 5.78 Å². The third-order valence-corrected chi connectivity index (χ3v) is 3.40. The van der Waals surface area contributed by atoms with Gasteiger partial charge in [-0.3, -0.25) is 9.59 Å². The molecule has 0 heterocycles. The zero-order valence-electron chi connectivity index (χ0n) is 10.8. The molecule has 2 rings (SSSR count). The summed E-state index contributed by atoms with van der Waals surface area (Å²) in [5.41, 5.74) is 0.437. The summed E-state index contributed by atoms with van der Waals surface area (Å²) in [6.07, 6.45) is 0. The Labute approximate surface area is 126 Å². The van der Waals surface area contributed by atoms with E-state index in [0.29, 0.717) is 5.56 Å². The van der Waals surface area contributed by atoms with Crippen molar-refractivity contribution in [1.82, 2.24) is 0 Å². The van der Waals surface area contributed by atoms with Crippen LogP contribution in [0.2, 0.25) is 0 Å². The van der Waals surface area contributed by atoms with Crippen LogP contribution in [-0.2, 0) is 4.79 Å². The Morgan fingerprint density at radius 1 is 0.857 bits per heavy atom. The van der Waals surface area contributed by atoms with Gasteiger partial charge in [-0.25, -0.2) is 4.79 Å². The molecule has 106 valence electrons. The second kappa shape index (κ2) is 6.33. The van der Waals surface area contributed by atoms with E-state index in [0.717, 1.165) is 0 Å². The molecule has 0 aromatic heterocycles. The van der Waals surface area contributed by atoms with Gasteiger partial charge in [-0.15, -0.1) is 11.6 Å². The molecule has 5 heteroatoms. The summed E-state index contributed by atoms with van der Waals surface area (Å²) >= 11 is 6.14. The summed E-state index contributed by atoms with van der Waals surface area (Å²) in [4.78, 5) is 34.9. The lowest BCUT2D eigenvalue weighted by Gasteiger charge is -2.11. The largest absolute Gasteiger partial charge is 0.475 e. The first-order chi connectivity index (χ1) is 10.0. The van der Waals surface area contributed by atoms with E-state index < -0.39 is 22.9 Å². The van der Waals surface area contributed by atoms with Crippen LogP contribution in [0.1, 0.15) is 31.7 Å². The molecular formula is C16H11ClO4. The lowest BCUT2D eigenvalue weighted by molar-refractivity contribution is -0.131. The molecule has 1 atom stereocenters. The minimum absolute atomic E-state index is 0.00810. The number of carbonyl (C=O) groups is 3. The van der Waals surface area contributed by atoms with Gasteiger partial charge < -0.3 is 5.11 Å². The van der Waals surface area contributed by atoms with Gasteiger partial charge in [-0.1, -0.05) is 54.6 Å². The lowest BCUT2D eigenvalue weighted by Crippen LogP contribution is -2.18. The van der Waals surface area contributed by atoms with Crippen molar-refractivity contribution in [3.05, 3.63) is 71.3 Å². The SMILES string of the molecule is O=C(O)C(=O)c1ccccc1C(=O)C(Cl)c1ccccc1. The summed E-state index contributed by atoms with van der Waals surface area (Å²) in [6, 6.07) is 14.4. The highest BCUT2D eigenvalue weighted by Gasteiger charge is 2.26. The summed E-state index contributed by atoms with van der Waals surface area (Å²) < 4.78 is 0. The highest BCUT2D eigenvalue weighted by atomic mass is 35.5. The minimum atomic E-state index is -1.61. The quantitative estimate of drug-likeness (QED) is 0.523. The van der Waals surface area contributed by atoms with Crippen molar-refractivity contribution in [2.75, 3.05) is 0 Å². The summed E-state index contributed by atoms with van der Waals surface area (Å²) in [7, 11) is 0. The molecule has 0 saturated carbocycles. The zero-order chi connectivity index (χ0) is 15.4. The number of alkyl halides is 1. The Morgan fingerprint density at radius 3 is 1.95 bits per heavy atom. The maximum absolute atomic E-state index is 12.4. The molecule has 0 amide bonds. The fourth-order valence-electron chi connectivity index (χ4n) is 1.92. The topological polar surface area (TPSA) is 71.4 Å². The summed E-state index contributed by atoms with van der Waals surface area (Å²) in [6.45, 7) is 0. The van der Waals surface area contributed by atoms with Crippen LogP contribution in [0, 0.1) is 0 Å².